The van der Waals surface area contributed by atoms with E-state index in [1.54, 1.807) is 18.5 Å². The molecule has 0 aliphatic heterocycles. The number of methoxy groups -OCH3 is 1. The van der Waals surface area contributed by atoms with Crippen LogP contribution in [0.4, 0.5) is 4.39 Å². The molecular weight excluding hydrogens is 261 g/mol. The van der Waals surface area contributed by atoms with E-state index in [0.29, 0.717) is 25.4 Å². The first-order chi connectivity index (χ1) is 9.72. The Morgan fingerprint density at radius 2 is 2.25 bits per heavy atom. The second-order valence-electron chi connectivity index (χ2n) is 4.43. The van der Waals surface area contributed by atoms with Crippen LogP contribution in [0.2, 0.25) is 0 Å². The van der Waals surface area contributed by atoms with Crippen LogP contribution in [0.15, 0.2) is 30.6 Å². The van der Waals surface area contributed by atoms with Crippen LogP contribution < -0.4 is 4.74 Å². The first kappa shape index (κ1) is 14.5. The van der Waals surface area contributed by atoms with E-state index in [2.05, 4.69) is 9.97 Å². The maximum Gasteiger partial charge on any atom is 0.126 e. The Morgan fingerprint density at radius 1 is 1.40 bits per heavy atom. The minimum Gasteiger partial charge on any atom is -0.496 e. The Labute approximate surface area is 117 Å². The molecule has 6 heteroatoms. The van der Waals surface area contributed by atoms with Crippen LogP contribution >= 0.6 is 0 Å². The van der Waals surface area contributed by atoms with Gasteiger partial charge in [-0.25, -0.2) is 9.37 Å². The zero-order valence-electron chi connectivity index (χ0n) is 11.3. The Morgan fingerprint density at radius 3 is 2.90 bits per heavy atom. The van der Waals surface area contributed by atoms with Gasteiger partial charge in [0.25, 0.3) is 0 Å². The topological polar surface area (TPSA) is 61.4 Å². The minimum atomic E-state index is -0.328. The molecule has 0 saturated carbocycles. The summed E-state index contributed by atoms with van der Waals surface area (Å²) >= 11 is 0. The summed E-state index contributed by atoms with van der Waals surface area (Å²) in [5.41, 5.74) is 0.869. The van der Waals surface area contributed by atoms with Gasteiger partial charge in [-0.3, -0.25) is 4.90 Å². The molecule has 0 atom stereocenters. The predicted octanol–water partition coefficient (Wildman–Crippen LogP) is 1.55. The van der Waals surface area contributed by atoms with E-state index in [9.17, 15) is 4.39 Å². The van der Waals surface area contributed by atoms with Crippen LogP contribution in [0.3, 0.4) is 0 Å². The zero-order valence-corrected chi connectivity index (χ0v) is 11.3. The summed E-state index contributed by atoms with van der Waals surface area (Å²) in [5, 5.41) is 9.15. The van der Waals surface area contributed by atoms with Gasteiger partial charge in [-0.2, -0.15) is 0 Å². The van der Waals surface area contributed by atoms with E-state index < -0.39 is 0 Å². The van der Waals surface area contributed by atoms with Gasteiger partial charge in [0.1, 0.15) is 17.4 Å². The second kappa shape index (κ2) is 7.02. The fraction of sp³-hybridized carbons (Fsp3) is 0.357. The number of hydrogen-bond donors (Lipinski definition) is 2. The molecule has 1 aromatic carbocycles. The van der Waals surface area contributed by atoms with Gasteiger partial charge in [0, 0.05) is 37.1 Å². The maximum atomic E-state index is 13.2. The number of halogens is 1. The fourth-order valence-corrected chi connectivity index (χ4v) is 2.04. The fourth-order valence-electron chi connectivity index (χ4n) is 2.04. The van der Waals surface area contributed by atoms with Crippen molar-refractivity contribution < 1.29 is 14.2 Å². The third-order valence-electron chi connectivity index (χ3n) is 2.99. The monoisotopic (exact) mass is 279 g/mol. The molecule has 2 N–H and O–H groups in total. The quantitative estimate of drug-likeness (QED) is 0.807. The van der Waals surface area contributed by atoms with Crippen molar-refractivity contribution in [2.75, 3.05) is 20.3 Å². The Hall–Kier alpha value is -1.92. The van der Waals surface area contributed by atoms with Gasteiger partial charge in [-0.15, -0.1) is 0 Å². The molecule has 0 unspecified atom stereocenters. The van der Waals surface area contributed by atoms with Crippen molar-refractivity contribution in [2.45, 2.75) is 13.1 Å². The number of aromatic nitrogens is 2. The lowest BCUT2D eigenvalue weighted by Crippen LogP contribution is -2.26. The lowest BCUT2D eigenvalue weighted by molar-refractivity contribution is 0.180. The van der Waals surface area contributed by atoms with Crippen LogP contribution in [0.25, 0.3) is 0 Å². The standard InChI is InChI=1S/C14H18FN3O2/c1-20-13-8-12(15)3-2-11(13)9-18(6-7-19)10-14-16-4-5-17-14/h2-5,8,19H,6-7,9-10H2,1H3,(H,16,17). The molecule has 20 heavy (non-hydrogen) atoms. The van der Waals surface area contributed by atoms with Crippen LogP contribution in [0.5, 0.6) is 5.75 Å². The van der Waals surface area contributed by atoms with Gasteiger partial charge in [0.05, 0.1) is 20.3 Å². The summed E-state index contributed by atoms with van der Waals surface area (Å²) < 4.78 is 18.4. The summed E-state index contributed by atoms with van der Waals surface area (Å²) in [6.07, 6.45) is 3.44. The Kier molecular flexibility index (Phi) is 5.09. The number of hydrogen-bond acceptors (Lipinski definition) is 4. The SMILES string of the molecule is COc1cc(F)ccc1CN(CCO)Cc1ncc[nH]1. The van der Waals surface area contributed by atoms with Crippen LogP contribution in [0.1, 0.15) is 11.4 Å². The molecule has 0 amide bonds. The molecule has 108 valence electrons. The summed E-state index contributed by atoms with van der Waals surface area (Å²) in [5.74, 6) is 0.997. The molecule has 0 saturated heterocycles. The average Bonchev–Trinajstić information content (AvgIpc) is 2.94. The van der Waals surface area contributed by atoms with E-state index in [4.69, 9.17) is 9.84 Å². The number of H-pyrrole nitrogens is 1. The summed E-state index contributed by atoms with van der Waals surface area (Å²) in [6, 6.07) is 4.46. The van der Waals surface area contributed by atoms with E-state index in [-0.39, 0.29) is 12.4 Å². The van der Waals surface area contributed by atoms with Crippen molar-refractivity contribution >= 4 is 0 Å². The third kappa shape index (κ3) is 3.79. The van der Waals surface area contributed by atoms with Gasteiger partial charge >= 0.3 is 0 Å². The lowest BCUT2D eigenvalue weighted by Gasteiger charge is -2.21. The van der Waals surface area contributed by atoms with Crippen molar-refractivity contribution in [3.8, 4) is 5.75 Å². The van der Waals surface area contributed by atoms with Crippen LogP contribution in [-0.2, 0) is 13.1 Å². The maximum absolute atomic E-state index is 13.2. The highest BCUT2D eigenvalue weighted by Gasteiger charge is 2.12. The number of nitrogens with zero attached hydrogens (tertiary/aromatic N) is 2. The number of imidazole rings is 1. The molecule has 0 aliphatic rings. The first-order valence-corrected chi connectivity index (χ1v) is 6.37. The van der Waals surface area contributed by atoms with Gasteiger partial charge in [0.2, 0.25) is 0 Å². The van der Waals surface area contributed by atoms with Crippen molar-refractivity contribution in [2.24, 2.45) is 0 Å². The van der Waals surface area contributed by atoms with Crippen molar-refractivity contribution in [1.29, 1.82) is 0 Å². The Balaban J connectivity index is 2.11. The highest BCUT2D eigenvalue weighted by atomic mass is 19.1. The smallest absolute Gasteiger partial charge is 0.126 e. The van der Waals surface area contributed by atoms with E-state index >= 15 is 0 Å². The summed E-state index contributed by atoms with van der Waals surface area (Å²) in [6.45, 7) is 1.67. The number of aromatic amines is 1. The minimum absolute atomic E-state index is 0.0459. The number of benzene rings is 1. The molecule has 1 heterocycles. The van der Waals surface area contributed by atoms with E-state index in [1.165, 1.54) is 19.2 Å². The largest absolute Gasteiger partial charge is 0.496 e. The number of aliphatic hydroxyl groups excluding tert-OH is 1. The molecule has 1 aromatic heterocycles. The van der Waals surface area contributed by atoms with Gasteiger partial charge in [0.15, 0.2) is 0 Å². The number of ether oxygens (including phenoxy) is 1. The molecule has 0 aliphatic carbocycles. The third-order valence-corrected chi connectivity index (χ3v) is 2.99. The summed E-state index contributed by atoms with van der Waals surface area (Å²) in [4.78, 5) is 9.20. The molecule has 2 aromatic rings. The van der Waals surface area contributed by atoms with Crippen molar-refractivity contribution in [3.05, 3.63) is 47.8 Å². The average molecular weight is 279 g/mol. The van der Waals surface area contributed by atoms with Gasteiger partial charge in [-0.05, 0) is 6.07 Å². The molecule has 0 bridgehead atoms. The molecule has 0 radical (unpaired) electrons. The predicted molar refractivity (Wildman–Crippen MR) is 72.7 cm³/mol. The van der Waals surface area contributed by atoms with Gasteiger partial charge < -0.3 is 14.8 Å². The number of aliphatic hydroxyl groups is 1. The van der Waals surface area contributed by atoms with Crippen molar-refractivity contribution in [3.63, 3.8) is 0 Å². The highest BCUT2D eigenvalue weighted by Crippen LogP contribution is 2.21. The van der Waals surface area contributed by atoms with Gasteiger partial charge in [-0.1, -0.05) is 6.07 Å². The molecule has 5 nitrogen and oxygen atoms in total. The van der Waals surface area contributed by atoms with E-state index in [0.717, 1.165) is 11.4 Å². The van der Waals surface area contributed by atoms with E-state index in [1.807, 2.05) is 4.90 Å². The second-order valence-corrected chi connectivity index (χ2v) is 4.43. The Bertz CT molecular complexity index is 531. The molecule has 0 fully saturated rings. The lowest BCUT2D eigenvalue weighted by atomic mass is 10.2. The molecule has 0 spiro atoms. The van der Waals surface area contributed by atoms with Crippen molar-refractivity contribution in [1.82, 2.24) is 14.9 Å². The number of nitrogens with one attached hydrogen (secondary N) is 1. The zero-order chi connectivity index (χ0) is 14.4. The van der Waals surface area contributed by atoms with Crippen LogP contribution in [0, 0.1) is 5.82 Å². The molecule has 2 rings (SSSR count). The highest BCUT2D eigenvalue weighted by molar-refractivity contribution is 5.33. The van der Waals surface area contributed by atoms with Crippen LogP contribution in [-0.4, -0.2) is 40.2 Å². The molecular formula is C14H18FN3O2. The normalized spacial score (nSPS) is 11.0. The summed E-state index contributed by atoms with van der Waals surface area (Å²) in [7, 11) is 1.52. The number of rotatable bonds is 7. The first-order valence-electron chi connectivity index (χ1n) is 6.37.